The normalized spacial score (nSPS) is 16.4. The van der Waals surface area contributed by atoms with Gasteiger partial charge in [-0.3, -0.25) is 4.79 Å². The molecule has 7 nitrogen and oxygen atoms in total. The van der Waals surface area contributed by atoms with Gasteiger partial charge in [0.1, 0.15) is 0 Å². The zero-order valence-corrected chi connectivity index (χ0v) is 10.8. The van der Waals surface area contributed by atoms with Crippen LogP contribution in [0.5, 0.6) is 0 Å². The van der Waals surface area contributed by atoms with Crippen molar-refractivity contribution in [2.75, 3.05) is 13.1 Å². The summed E-state index contributed by atoms with van der Waals surface area (Å²) >= 11 is 0. The van der Waals surface area contributed by atoms with Crippen LogP contribution < -0.4 is 5.32 Å². The zero-order valence-electron chi connectivity index (χ0n) is 10.8. The first-order valence-electron chi connectivity index (χ1n) is 6.24. The average Bonchev–Trinajstić information content (AvgIpc) is 2.82. The molecule has 0 aromatic carbocycles. The topological polar surface area (TPSA) is 95.7 Å². The highest BCUT2D eigenvalue weighted by atomic mass is 16.5. The van der Waals surface area contributed by atoms with Crippen molar-refractivity contribution in [1.82, 2.24) is 15.4 Å². The van der Waals surface area contributed by atoms with E-state index in [1.54, 1.807) is 11.0 Å². The second-order valence-electron chi connectivity index (χ2n) is 4.69. The van der Waals surface area contributed by atoms with Crippen molar-refractivity contribution < 1.29 is 19.2 Å². The van der Waals surface area contributed by atoms with E-state index in [-0.39, 0.29) is 11.9 Å². The van der Waals surface area contributed by atoms with E-state index in [2.05, 4.69) is 10.5 Å². The molecule has 1 aliphatic rings. The molecule has 19 heavy (non-hydrogen) atoms. The fourth-order valence-electron chi connectivity index (χ4n) is 2.10. The van der Waals surface area contributed by atoms with Gasteiger partial charge in [-0.15, -0.1) is 0 Å². The van der Waals surface area contributed by atoms with Crippen LogP contribution in [0.15, 0.2) is 10.6 Å². The molecule has 2 N–H and O–H groups in total. The molecular weight excluding hydrogens is 250 g/mol. The summed E-state index contributed by atoms with van der Waals surface area (Å²) in [5.74, 6) is -0.510. The van der Waals surface area contributed by atoms with Crippen molar-refractivity contribution in [3.63, 3.8) is 0 Å². The number of amides is 2. The number of hydrogen-bond donors (Lipinski definition) is 2. The van der Waals surface area contributed by atoms with Gasteiger partial charge in [0.05, 0.1) is 18.2 Å². The molecule has 1 aliphatic heterocycles. The number of aromatic nitrogens is 1. The molecule has 1 fully saturated rings. The highest BCUT2D eigenvalue weighted by Gasteiger charge is 2.26. The minimum absolute atomic E-state index is 0.196. The molecule has 0 unspecified atom stereocenters. The first kappa shape index (κ1) is 13.4. The average molecular weight is 267 g/mol. The third-order valence-electron chi connectivity index (χ3n) is 3.22. The lowest BCUT2D eigenvalue weighted by Gasteiger charge is -2.29. The minimum atomic E-state index is -0.780. The van der Waals surface area contributed by atoms with Gasteiger partial charge in [0.2, 0.25) is 0 Å². The quantitative estimate of drug-likeness (QED) is 0.851. The first-order valence-corrected chi connectivity index (χ1v) is 6.24. The van der Waals surface area contributed by atoms with Crippen LogP contribution >= 0.6 is 0 Å². The molecule has 0 atom stereocenters. The van der Waals surface area contributed by atoms with E-state index in [0.29, 0.717) is 38.2 Å². The number of carbonyl (C=O) groups is 2. The number of aryl methyl sites for hydroxylation is 1. The zero-order chi connectivity index (χ0) is 13.8. The second kappa shape index (κ2) is 5.73. The minimum Gasteiger partial charge on any atom is -0.481 e. The van der Waals surface area contributed by atoms with Gasteiger partial charge in [-0.1, -0.05) is 5.16 Å². The predicted molar refractivity (Wildman–Crippen MR) is 65.4 cm³/mol. The lowest BCUT2D eigenvalue weighted by Crippen LogP contribution is -2.45. The number of likely N-dealkylation sites (tertiary alicyclic amines) is 1. The Hall–Kier alpha value is -2.05. The largest absolute Gasteiger partial charge is 0.481 e. The van der Waals surface area contributed by atoms with Gasteiger partial charge in [0.25, 0.3) is 0 Å². The molecule has 1 aromatic rings. The van der Waals surface area contributed by atoms with E-state index in [9.17, 15) is 9.59 Å². The van der Waals surface area contributed by atoms with Crippen LogP contribution in [0.1, 0.15) is 24.3 Å². The van der Waals surface area contributed by atoms with Gasteiger partial charge in [0, 0.05) is 19.2 Å². The lowest BCUT2D eigenvalue weighted by molar-refractivity contribution is -0.143. The Morgan fingerprint density at radius 1 is 1.53 bits per heavy atom. The number of aliphatic carboxylic acids is 1. The molecule has 0 radical (unpaired) electrons. The molecule has 1 aromatic heterocycles. The van der Waals surface area contributed by atoms with Crippen molar-refractivity contribution in [2.45, 2.75) is 26.3 Å². The van der Waals surface area contributed by atoms with Crippen molar-refractivity contribution >= 4 is 12.0 Å². The van der Waals surface area contributed by atoms with Crippen molar-refractivity contribution in [3.05, 3.63) is 17.5 Å². The highest BCUT2D eigenvalue weighted by molar-refractivity contribution is 5.75. The number of piperidine rings is 1. The summed E-state index contributed by atoms with van der Waals surface area (Å²) in [6.07, 6.45) is 1.01. The summed E-state index contributed by atoms with van der Waals surface area (Å²) < 4.78 is 4.99. The number of urea groups is 1. The fourth-order valence-corrected chi connectivity index (χ4v) is 2.10. The summed E-state index contributed by atoms with van der Waals surface area (Å²) in [5, 5.41) is 15.3. The van der Waals surface area contributed by atoms with E-state index in [4.69, 9.17) is 9.63 Å². The molecule has 2 amide bonds. The maximum Gasteiger partial charge on any atom is 0.317 e. The van der Waals surface area contributed by atoms with Crippen LogP contribution in [0, 0.1) is 12.8 Å². The predicted octanol–water partition coefficient (Wildman–Crippen LogP) is 0.989. The molecule has 2 rings (SSSR count). The molecule has 1 saturated heterocycles. The Morgan fingerprint density at radius 2 is 2.21 bits per heavy atom. The number of carbonyl (C=O) groups excluding carboxylic acids is 1. The fraction of sp³-hybridized carbons (Fsp3) is 0.583. The molecule has 104 valence electrons. The number of rotatable bonds is 3. The standard InChI is InChI=1S/C12H17N3O4/c1-8-6-10(19-14-8)7-13-12(18)15-4-2-9(3-5-15)11(16)17/h6,9H,2-5,7H2,1H3,(H,13,18)(H,16,17). The summed E-state index contributed by atoms with van der Waals surface area (Å²) in [6, 6.07) is 1.56. The Morgan fingerprint density at radius 3 is 2.74 bits per heavy atom. The van der Waals surface area contributed by atoms with Gasteiger partial charge in [0.15, 0.2) is 5.76 Å². The van der Waals surface area contributed by atoms with Crippen LogP contribution in [-0.2, 0) is 11.3 Å². The molecule has 0 spiro atoms. The Bertz CT molecular complexity index is 463. The SMILES string of the molecule is Cc1cc(CNC(=O)N2CCC(C(=O)O)CC2)on1. The van der Waals surface area contributed by atoms with E-state index >= 15 is 0 Å². The molecule has 0 saturated carbocycles. The summed E-state index contributed by atoms with van der Waals surface area (Å²) in [7, 11) is 0. The Balaban J connectivity index is 1.77. The number of nitrogens with zero attached hydrogens (tertiary/aromatic N) is 2. The van der Waals surface area contributed by atoms with Crippen LogP contribution in [-0.4, -0.2) is 40.3 Å². The van der Waals surface area contributed by atoms with Gasteiger partial charge in [-0.2, -0.15) is 0 Å². The Labute approximate surface area is 110 Å². The Kier molecular flexibility index (Phi) is 4.03. The second-order valence-corrected chi connectivity index (χ2v) is 4.69. The smallest absolute Gasteiger partial charge is 0.317 e. The summed E-state index contributed by atoms with van der Waals surface area (Å²) in [6.45, 7) is 3.04. The van der Waals surface area contributed by atoms with Crippen molar-refractivity contribution in [1.29, 1.82) is 0 Å². The lowest BCUT2D eigenvalue weighted by atomic mass is 9.97. The van der Waals surface area contributed by atoms with E-state index in [0.717, 1.165) is 5.69 Å². The van der Waals surface area contributed by atoms with Gasteiger partial charge in [-0.05, 0) is 19.8 Å². The van der Waals surface area contributed by atoms with E-state index in [1.165, 1.54) is 0 Å². The number of carboxylic acids is 1. The molecule has 0 aliphatic carbocycles. The first-order chi connectivity index (χ1) is 9.06. The number of nitrogens with one attached hydrogen (secondary N) is 1. The summed E-state index contributed by atoms with van der Waals surface area (Å²) in [4.78, 5) is 24.3. The molecule has 2 heterocycles. The van der Waals surface area contributed by atoms with Gasteiger partial charge in [-0.25, -0.2) is 4.79 Å². The van der Waals surface area contributed by atoms with Crippen molar-refractivity contribution in [2.24, 2.45) is 5.92 Å². The third-order valence-corrected chi connectivity index (χ3v) is 3.22. The monoisotopic (exact) mass is 267 g/mol. The van der Waals surface area contributed by atoms with Crippen LogP contribution in [0.2, 0.25) is 0 Å². The number of carboxylic acid groups (broad SMARTS) is 1. The van der Waals surface area contributed by atoms with Gasteiger partial charge >= 0.3 is 12.0 Å². The van der Waals surface area contributed by atoms with Crippen LogP contribution in [0.4, 0.5) is 4.79 Å². The van der Waals surface area contributed by atoms with Crippen LogP contribution in [0.25, 0.3) is 0 Å². The maximum atomic E-state index is 11.9. The number of hydrogen-bond acceptors (Lipinski definition) is 4. The van der Waals surface area contributed by atoms with Crippen LogP contribution in [0.3, 0.4) is 0 Å². The molecular formula is C12H17N3O4. The third kappa shape index (κ3) is 3.46. The molecule has 7 heteroatoms. The maximum absolute atomic E-state index is 11.9. The highest BCUT2D eigenvalue weighted by Crippen LogP contribution is 2.17. The van der Waals surface area contributed by atoms with E-state index < -0.39 is 5.97 Å². The molecule has 0 bridgehead atoms. The van der Waals surface area contributed by atoms with Gasteiger partial charge < -0.3 is 19.8 Å². The van der Waals surface area contributed by atoms with E-state index in [1.807, 2.05) is 6.92 Å². The van der Waals surface area contributed by atoms with Crippen molar-refractivity contribution in [3.8, 4) is 0 Å². The summed E-state index contributed by atoms with van der Waals surface area (Å²) in [5.41, 5.74) is 0.770.